The zero-order valence-electron chi connectivity index (χ0n) is 15.4. The van der Waals surface area contributed by atoms with Crippen LogP contribution in [-0.4, -0.2) is 41.2 Å². The Morgan fingerprint density at radius 1 is 1.22 bits per heavy atom. The maximum atomic E-state index is 13.2. The van der Waals surface area contributed by atoms with Crippen molar-refractivity contribution in [3.63, 3.8) is 0 Å². The zero-order chi connectivity index (χ0) is 18.6. The summed E-state index contributed by atoms with van der Waals surface area (Å²) in [5.74, 6) is 1.66. The van der Waals surface area contributed by atoms with Crippen LogP contribution in [0.4, 0.5) is 0 Å². The molecular formula is C22H23NO4. The smallest absolute Gasteiger partial charge is 0.267 e. The maximum absolute atomic E-state index is 13.2. The number of benzene rings is 2. The normalized spacial score (nSPS) is 28.4. The Kier molecular flexibility index (Phi) is 3.61. The van der Waals surface area contributed by atoms with E-state index < -0.39 is 6.10 Å². The third-order valence-electron chi connectivity index (χ3n) is 6.30. The molecule has 1 N–H and O–H groups in total. The van der Waals surface area contributed by atoms with E-state index in [0.29, 0.717) is 23.8 Å². The molecule has 3 aliphatic rings. The number of hydrogen-bond acceptors (Lipinski definition) is 4. The summed E-state index contributed by atoms with van der Waals surface area (Å²) in [6.45, 7) is 3.20. The van der Waals surface area contributed by atoms with Gasteiger partial charge in [0.2, 0.25) is 6.10 Å². The second-order valence-corrected chi connectivity index (χ2v) is 8.11. The number of phenolic OH excluding ortho intramolecular Hbond substituents is 1. The fourth-order valence-electron chi connectivity index (χ4n) is 4.88. The van der Waals surface area contributed by atoms with E-state index in [9.17, 15) is 9.90 Å². The van der Waals surface area contributed by atoms with Gasteiger partial charge in [0.15, 0.2) is 11.5 Å². The van der Waals surface area contributed by atoms with Gasteiger partial charge in [-0.3, -0.25) is 4.79 Å². The van der Waals surface area contributed by atoms with Gasteiger partial charge in [-0.1, -0.05) is 25.1 Å². The van der Waals surface area contributed by atoms with Crippen molar-refractivity contribution in [1.82, 2.24) is 4.90 Å². The van der Waals surface area contributed by atoms with Crippen molar-refractivity contribution >= 4 is 5.91 Å². The fraction of sp³-hybridized carbons (Fsp3) is 0.409. The Bertz CT molecular complexity index is 911. The minimum atomic E-state index is -0.592. The van der Waals surface area contributed by atoms with E-state index in [2.05, 4.69) is 6.92 Å². The topological polar surface area (TPSA) is 59.0 Å². The molecule has 0 unspecified atom stereocenters. The Hall–Kier alpha value is -2.69. The standard InChI is InChI=1S/C22H23NO4/c1-22-8-9-23(15(12-22)10-14-6-7-16(24)11-17(14)22)21(25)20-13-26-18-4-2-3-5-19(18)27-20/h2-7,11,15,20,24H,8-10,12-13H2,1H3/t15-,20-,22-/m1/s1. The Balaban J connectivity index is 1.39. The van der Waals surface area contributed by atoms with Crippen LogP contribution in [0.25, 0.3) is 0 Å². The molecule has 1 saturated heterocycles. The summed E-state index contributed by atoms with van der Waals surface area (Å²) < 4.78 is 11.7. The summed E-state index contributed by atoms with van der Waals surface area (Å²) in [5.41, 5.74) is 2.47. The summed E-state index contributed by atoms with van der Waals surface area (Å²) in [5, 5.41) is 9.90. The molecule has 1 amide bonds. The number of para-hydroxylation sites is 2. The highest BCUT2D eigenvalue weighted by Gasteiger charge is 2.46. The van der Waals surface area contributed by atoms with E-state index in [4.69, 9.17) is 9.47 Å². The average Bonchev–Trinajstić information content (AvgIpc) is 2.68. The first-order valence-electron chi connectivity index (χ1n) is 9.55. The van der Waals surface area contributed by atoms with Gasteiger partial charge in [-0.05, 0) is 60.1 Å². The minimum absolute atomic E-state index is 0.00426. The molecule has 2 aromatic carbocycles. The third kappa shape index (κ3) is 2.64. The van der Waals surface area contributed by atoms with Crippen molar-refractivity contribution in [3.8, 4) is 17.2 Å². The van der Waals surface area contributed by atoms with Crippen molar-refractivity contribution < 1.29 is 19.4 Å². The van der Waals surface area contributed by atoms with Gasteiger partial charge in [0.25, 0.3) is 5.91 Å². The minimum Gasteiger partial charge on any atom is -0.508 e. The molecular weight excluding hydrogens is 342 g/mol. The average molecular weight is 365 g/mol. The molecule has 5 heteroatoms. The molecule has 2 aromatic rings. The number of ether oxygens (including phenoxy) is 2. The highest BCUT2D eigenvalue weighted by Crippen LogP contribution is 2.46. The quantitative estimate of drug-likeness (QED) is 0.844. The number of phenols is 1. The van der Waals surface area contributed by atoms with Gasteiger partial charge >= 0.3 is 0 Å². The van der Waals surface area contributed by atoms with Crippen LogP contribution in [0, 0.1) is 0 Å². The molecule has 0 radical (unpaired) electrons. The van der Waals surface area contributed by atoms with Gasteiger partial charge in [0.05, 0.1) is 0 Å². The van der Waals surface area contributed by atoms with Crippen molar-refractivity contribution in [2.24, 2.45) is 0 Å². The van der Waals surface area contributed by atoms with Crippen LogP contribution < -0.4 is 9.47 Å². The van der Waals surface area contributed by atoms with Gasteiger partial charge < -0.3 is 19.5 Å². The highest BCUT2D eigenvalue weighted by atomic mass is 16.6. The van der Waals surface area contributed by atoms with Crippen LogP contribution in [0.15, 0.2) is 42.5 Å². The van der Waals surface area contributed by atoms with Crippen LogP contribution in [0.1, 0.15) is 30.9 Å². The van der Waals surface area contributed by atoms with Crippen molar-refractivity contribution in [1.29, 1.82) is 0 Å². The summed E-state index contributed by atoms with van der Waals surface area (Å²) in [4.78, 5) is 15.2. The van der Waals surface area contributed by atoms with Crippen LogP contribution in [-0.2, 0) is 16.6 Å². The van der Waals surface area contributed by atoms with Gasteiger partial charge in [0, 0.05) is 12.6 Å². The number of hydrogen-bond donors (Lipinski definition) is 1. The number of amides is 1. The first-order valence-corrected chi connectivity index (χ1v) is 9.55. The molecule has 3 atom stereocenters. The predicted molar refractivity (Wildman–Crippen MR) is 100 cm³/mol. The molecule has 5 rings (SSSR count). The van der Waals surface area contributed by atoms with E-state index in [1.807, 2.05) is 41.3 Å². The van der Waals surface area contributed by atoms with Gasteiger partial charge in [-0.15, -0.1) is 0 Å². The molecule has 27 heavy (non-hydrogen) atoms. The molecule has 0 spiro atoms. The number of carbonyl (C=O) groups is 1. The molecule has 1 fully saturated rings. The summed E-state index contributed by atoms with van der Waals surface area (Å²) >= 11 is 0. The van der Waals surface area contributed by atoms with Gasteiger partial charge in [-0.2, -0.15) is 0 Å². The molecule has 140 valence electrons. The summed E-state index contributed by atoms with van der Waals surface area (Å²) in [7, 11) is 0. The lowest BCUT2D eigenvalue weighted by Gasteiger charge is -2.50. The fourth-order valence-corrected chi connectivity index (χ4v) is 4.88. The number of likely N-dealkylation sites (tertiary alicyclic amines) is 1. The molecule has 5 nitrogen and oxygen atoms in total. The number of carbonyl (C=O) groups excluding carboxylic acids is 1. The van der Waals surface area contributed by atoms with Gasteiger partial charge in [-0.25, -0.2) is 0 Å². The van der Waals surface area contributed by atoms with E-state index in [0.717, 1.165) is 19.3 Å². The van der Waals surface area contributed by atoms with E-state index in [1.54, 1.807) is 6.07 Å². The SMILES string of the molecule is C[C@]12CCN(C(=O)[C@H]3COc4ccccc4O3)[C@H](Cc3ccc(O)cc31)C2. The van der Waals surface area contributed by atoms with Crippen LogP contribution >= 0.6 is 0 Å². The Morgan fingerprint density at radius 3 is 2.89 bits per heavy atom. The zero-order valence-corrected chi connectivity index (χ0v) is 15.4. The largest absolute Gasteiger partial charge is 0.508 e. The van der Waals surface area contributed by atoms with Crippen LogP contribution in [0.3, 0.4) is 0 Å². The van der Waals surface area contributed by atoms with Crippen LogP contribution in [0.5, 0.6) is 17.2 Å². The number of nitrogens with zero attached hydrogens (tertiary/aromatic N) is 1. The molecule has 0 saturated carbocycles. The molecule has 0 aromatic heterocycles. The summed E-state index contributed by atoms with van der Waals surface area (Å²) in [6.07, 6.45) is 2.03. The molecule has 2 heterocycles. The lowest BCUT2D eigenvalue weighted by molar-refractivity contribution is -0.146. The van der Waals surface area contributed by atoms with Crippen molar-refractivity contribution in [2.45, 2.75) is 43.7 Å². The Morgan fingerprint density at radius 2 is 2.04 bits per heavy atom. The second-order valence-electron chi connectivity index (χ2n) is 8.11. The number of piperidine rings is 1. The Labute approximate surface area is 158 Å². The first kappa shape index (κ1) is 16.5. The van der Waals surface area contributed by atoms with E-state index in [1.165, 1.54) is 11.1 Å². The van der Waals surface area contributed by atoms with E-state index in [-0.39, 0.29) is 24.0 Å². The number of aromatic hydroxyl groups is 1. The highest BCUT2D eigenvalue weighted by molar-refractivity contribution is 5.82. The number of fused-ring (bicyclic) bond motifs is 5. The predicted octanol–water partition coefficient (Wildman–Crippen LogP) is 3.04. The lowest BCUT2D eigenvalue weighted by Crippen LogP contribution is -2.58. The van der Waals surface area contributed by atoms with Gasteiger partial charge in [0.1, 0.15) is 12.4 Å². The monoisotopic (exact) mass is 365 g/mol. The summed E-state index contributed by atoms with van der Waals surface area (Å²) in [6, 6.07) is 13.3. The second kappa shape index (κ2) is 5.91. The third-order valence-corrected chi connectivity index (χ3v) is 6.30. The lowest BCUT2D eigenvalue weighted by atomic mass is 9.65. The van der Waals surface area contributed by atoms with Crippen LogP contribution in [0.2, 0.25) is 0 Å². The number of rotatable bonds is 1. The molecule has 2 bridgehead atoms. The molecule has 1 aliphatic carbocycles. The maximum Gasteiger partial charge on any atom is 0.267 e. The first-order chi connectivity index (χ1) is 13.0. The van der Waals surface area contributed by atoms with Crippen molar-refractivity contribution in [3.05, 3.63) is 53.6 Å². The van der Waals surface area contributed by atoms with Crippen molar-refractivity contribution in [2.75, 3.05) is 13.2 Å². The van der Waals surface area contributed by atoms with E-state index >= 15 is 0 Å². The molecule has 2 aliphatic heterocycles.